The monoisotopic (exact) mass is 394 g/mol. The van der Waals surface area contributed by atoms with Gasteiger partial charge in [0.15, 0.2) is 0 Å². The van der Waals surface area contributed by atoms with E-state index >= 15 is 0 Å². The molecular formula is C20H21Cl3N2. The van der Waals surface area contributed by atoms with Crippen molar-refractivity contribution in [2.45, 2.75) is 20.0 Å². The predicted octanol–water partition coefficient (Wildman–Crippen LogP) is 6.00. The van der Waals surface area contributed by atoms with Crippen molar-refractivity contribution in [3.63, 3.8) is 0 Å². The summed E-state index contributed by atoms with van der Waals surface area (Å²) in [4.78, 5) is 0. The number of para-hydroxylation sites is 1. The Morgan fingerprint density at radius 2 is 1.92 bits per heavy atom. The Morgan fingerprint density at radius 1 is 1.16 bits per heavy atom. The fourth-order valence-electron chi connectivity index (χ4n) is 3.05. The van der Waals surface area contributed by atoms with Gasteiger partial charge >= 0.3 is 0 Å². The molecule has 0 saturated carbocycles. The Labute approximate surface area is 164 Å². The van der Waals surface area contributed by atoms with Crippen molar-refractivity contribution in [1.29, 1.82) is 0 Å². The summed E-state index contributed by atoms with van der Waals surface area (Å²) in [7, 11) is 0. The minimum absolute atomic E-state index is 0. The highest BCUT2D eigenvalue weighted by atomic mass is 35.5. The summed E-state index contributed by atoms with van der Waals surface area (Å²) < 4.78 is 2.31. The van der Waals surface area contributed by atoms with Gasteiger partial charge in [-0.05, 0) is 36.2 Å². The zero-order valence-corrected chi connectivity index (χ0v) is 16.4. The van der Waals surface area contributed by atoms with Crippen molar-refractivity contribution < 1.29 is 0 Å². The van der Waals surface area contributed by atoms with Gasteiger partial charge in [0.2, 0.25) is 0 Å². The smallest absolute Gasteiger partial charge is 0.0493 e. The Kier molecular flexibility index (Phi) is 6.97. The van der Waals surface area contributed by atoms with Crippen LogP contribution in [0, 0.1) is 6.92 Å². The highest BCUT2D eigenvalue weighted by Crippen LogP contribution is 2.29. The van der Waals surface area contributed by atoms with Crippen LogP contribution in [-0.4, -0.2) is 11.1 Å². The molecule has 0 saturated heterocycles. The van der Waals surface area contributed by atoms with Crippen molar-refractivity contribution in [3.05, 3.63) is 82.0 Å². The molecule has 0 radical (unpaired) electrons. The van der Waals surface area contributed by atoms with Gasteiger partial charge in [-0.3, -0.25) is 0 Å². The maximum atomic E-state index is 6.37. The molecule has 2 aromatic carbocycles. The van der Waals surface area contributed by atoms with Gasteiger partial charge in [-0.1, -0.05) is 53.5 Å². The number of hydrogen-bond donors (Lipinski definition) is 1. The average molecular weight is 396 g/mol. The van der Waals surface area contributed by atoms with E-state index < -0.39 is 0 Å². The molecule has 1 heterocycles. The van der Waals surface area contributed by atoms with Gasteiger partial charge < -0.3 is 9.88 Å². The van der Waals surface area contributed by atoms with Crippen LogP contribution in [0.4, 0.5) is 0 Å². The number of hydrogen-bond acceptors (Lipinski definition) is 1. The van der Waals surface area contributed by atoms with Gasteiger partial charge in [0.05, 0.1) is 0 Å². The summed E-state index contributed by atoms with van der Waals surface area (Å²) in [5.74, 6) is 0. The minimum atomic E-state index is 0. The Morgan fingerprint density at radius 3 is 2.64 bits per heavy atom. The molecular weight excluding hydrogens is 375 g/mol. The summed E-state index contributed by atoms with van der Waals surface area (Å²) in [5, 5.41) is 6.04. The summed E-state index contributed by atoms with van der Waals surface area (Å²) in [6, 6.07) is 14.2. The molecule has 132 valence electrons. The molecule has 0 bridgehead atoms. The standard InChI is InChI=1S/C20H20Cl2N2.ClH/c1-3-10-23-12-18-14(2)24(20-7-5-4-6-17(18)20)13-15-8-9-16(21)11-19(15)22;/h3-9,11,23H,1,10,12-13H2,2H3;1H. The first-order chi connectivity index (χ1) is 11.6. The van der Waals surface area contributed by atoms with Crippen LogP contribution < -0.4 is 5.32 Å². The second-order valence-electron chi connectivity index (χ2n) is 5.82. The number of nitrogens with one attached hydrogen (secondary N) is 1. The maximum Gasteiger partial charge on any atom is 0.0493 e. The molecule has 1 N–H and O–H groups in total. The molecule has 0 atom stereocenters. The third-order valence-corrected chi connectivity index (χ3v) is 4.88. The van der Waals surface area contributed by atoms with Gasteiger partial charge in [-0.25, -0.2) is 0 Å². The van der Waals surface area contributed by atoms with Crippen LogP contribution in [0.5, 0.6) is 0 Å². The Hall–Kier alpha value is -1.45. The van der Waals surface area contributed by atoms with E-state index in [0.29, 0.717) is 10.0 Å². The average Bonchev–Trinajstić information content (AvgIpc) is 2.83. The summed E-state index contributed by atoms with van der Waals surface area (Å²) in [6.45, 7) is 8.26. The molecule has 2 nitrogen and oxygen atoms in total. The van der Waals surface area contributed by atoms with Crippen molar-refractivity contribution in [2.24, 2.45) is 0 Å². The van der Waals surface area contributed by atoms with E-state index in [0.717, 1.165) is 25.2 Å². The van der Waals surface area contributed by atoms with Crippen LogP contribution >= 0.6 is 35.6 Å². The number of rotatable bonds is 6. The van der Waals surface area contributed by atoms with Gasteiger partial charge in [-0.2, -0.15) is 0 Å². The van der Waals surface area contributed by atoms with Crippen LogP contribution in [-0.2, 0) is 13.1 Å². The van der Waals surface area contributed by atoms with Gasteiger partial charge in [0, 0.05) is 46.3 Å². The number of halogens is 3. The lowest BCUT2D eigenvalue weighted by Gasteiger charge is -2.11. The van der Waals surface area contributed by atoms with Crippen LogP contribution in [0.15, 0.2) is 55.1 Å². The van der Waals surface area contributed by atoms with E-state index in [1.165, 1.54) is 22.2 Å². The van der Waals surface area contributed by atoms with Crippen molar-refractivity contribution in [3.8, 4) is 0 Å². The fourth-order valence-corrected chi connectivity index (χ4v) is 3.52. The van der Waals surface area contributed by atoms with Crippen molar-refractivity contribution >= 4 is 46.5 Å². The molecule has 0 aliphatic heterocycles. The molecule has 3 rings (SSSR count). The number of aromatic nitrogens is 1. The molecule has 3 aromatic rings. The molecule has 0 aliphatic rings. The van der Waals surface area contributed by atoms with Gasteiger partial charge in [-0.15, -0.1) is 19.0 Å². The maximum absolute atomic E-state index is 6.37. The predicted molar refractivity (Wildman–Crippen MR) is 111 cm³/mol. The van der Waals surface area contributed by atoms with E-state index in [1.54, 1.807) is 6.07 Å². The van der Waals surface area contributed by atoms with E-state index in [2.05, 4.69) is 47.7 Å². The lowest BCUT2D eigenvalue weighted by molar-refractivity contribution is 0.740. The molecule has 0 unspecified atom stereocenters. The number of nitrogens with zero attached hydrogens (tertiary/aromatic N) is 1. The largest absolute Gasteiger partial charge is 0.340 e. The lowest BCUT2D eigenvalue weighted by Crippen LogP contribution is -2.13. The summed E-state index contributed by atoms with van der Waals surface area (Å²) in [6.07, 6.45) is 1.88. The van der Waals surface area contributed by atoms with Crippen molar-refractivity contribution in [2.75, 3.05) is 6.54 Å². The first-order valence-electron chi connectivity index (χ1n) is 7.94. The van der Waals surface area contributed by atoms with Crippen LogP contribution in [0.25, 0.3) is 10.9 Å². The highest BCUT2D eigenvalue weighted by molar-refractivity contribution is 6.35. The number of fused-ring (bicyclic) bond motifs is 1. The van der Waals surface area contributed by atoms with Gasteiger partial charge in [0.25, 0.3) is 0 Å². The minimum Gasteiger partial charge on any atom is -0.340 e. The van der Waals surface area contributed by atoms with Crippen LogP contribution in [0.2, 0.25) is 10.0 Å². The molecule has 0 amide bonds. The third kappa shape index (κ3) is 4.21. The van der Waals surface area contributed by atoms with E-state index in [9.17, 15) is 0 Å². The van der Waals surface area contributed by atoms with Gasteiger partial charge in [0.1, 0.15) is 0 Å². The molecule has 0 spiro atoms. The zero-order valence-electron chi connectivity index (χ0n) is 14.1. The molecule has 25 heavy (non-hydrogen) atoms. The SMILES string of the molecule is C=CCNCc1c(C)n(Cc2ccc(Cl)cc2Cl)c2ccccc12.Cl. The Balaban J connectivity index is 0.00000225. The Bertz CT molecular complexity index is 884. The molecule has 0 fully saturated rings. The normalized spacial score (nSPS) is 10.7. The first kappa shape index (κ1) is 19.9. The lowest BCUT2D eigenvalue weighted by atomic mass is 10.1. The van der Waals surface area contributed by atoms with E-state index in [-0.39, 0.29) is 12.4 Å². The fraction of sp³-hybridized carbons (Fsp3) is 0.200. The number of benzene rings is 2. The topological polar surface area (TPSA) is 17.0 Å². The quantitative estimate of drug-likeness (QED) is 0.400. The van der Waals surface area contributed by atoms with Crippen LogP contribution in [0.1, 0.15) is 16.8 Å². The first-order valence-corrected chi connectivity index (χ1v) is 8.69. The molecule has 5 heteroatoms. The third-order valence-electron chi connectivity index (χ3n) is 4.30. The zero-order chi connectivity index (χ0) is 17.1. The highest BCUT2D eigenvalue weighted by Gasteiger charge is 2.14. The summed E-state index contributed by atoms with van der Waals surface area (Å²) >= 11 is 12.4. The van der Waals surface area contributed by atoms with E-state index in [1.807, 2.05) is 18.2 Å². The molecule has 1 aromatic heterocycles. The molecule has 0 aliphatic carbocycles. The van der Waals surface area contributed by atoms with Crippen molar-refractivity contribution in [1.82, 2.24) is 9.88 Å². The second-order valence-corrected chi connectivity index (χ2v) is 6.67. The van der Waals surface area contributed by atoms with E-state index in [4.69, 9.17) is 23.2 Å². The summed E-state index contributed by atoms with van der Waals surface area (Å²) in [5.41, 5.74) is 4.85. The second kappa shape index (κ2) is 8.77. The van der Waals surface area contributed by atoms with Crippen LogP contribution in [0.3, 0.4) is 0 Å².